The van der Waals surface area contributed by atoms with Gasteiger partial charge in [0.05, 0.1) is 26.3 Å². The average molecular weight is 282 g/mol. The molecule has 110 valence electrons. The van der Waals surface area contributed by atoms with Gasteiger partial charge in [0, 0.05) is 0 Å². The smallest absolute Gasteiger partial charge is 0.325 e. The molecule has 0 aliphatic rings. The Kier molecular flexibility index (Phi) is 5.33. The Morgan fingerprint density at radius 1 is 1.30 bits per heavy atom. The summed E-state index contributed by atoms with van der Waals surface area (Å²) in [7, 11) is 4.37. The zero-order valence-electron chi connectivity index (χ0n) is 11.6. The van der Waals surface area contributed by atoms with E-state index in [-0.39, 0.29) is 6.54 Å². The Morgan fingerprint density at radius 2 is 1.80 bits per heavy atom. The molecule has 0 fully saturated rings. The maximum atomic E-state index is 11.6. The van der Waals surface area contributed by atoms with E-state index in [1.165, 1.54) is 26.2 Å². The number of hydrogen-bond donors (Lipinski definition) is 2. The number of benzene rings is 1. The van der Waals surface area contributed by atoms with Crippen molar-refractivity contribution >= 4 is 11.9 Å². The molecule has 0 spiro atoms. The summed E-state index contributed by atoms with van der Waals surface area (Å²) < 4.78 is 10.4. The molecule has 0 saturated heterocycles. The first-order valence-corrected chi connectivity index (χ1v) is 5.84. The second kappa shape index (κ2) is 6.76. The number of likely N-dealkylation sites (N-methyl/N-ethyl adjacent to an activating group) is 1. The number of primary amides is 1. The number of hydrogen-bond acceptors (Lipinski definition) is 5. The molecule has 0 radical (unpaired) electrons. The Labute approximate surface area is 116 Å². The second-order valence-electron chi connectivity index (χ2n) is 4.20. The lowest BCUT2D eigenvalue weighted by Crippen LogP contribution is -2.37. The number of carboxylic acids is 1. The molecule has 1 aromatic rings. The maximum Gasteiger partial charge on any atom is 0.325 e. The third-order valence-electron chi connectivity index (χ3n) is 2.82. The van der Waals surface area contributed by atoms with Crippen LogP contribution in [0.3, 0.4) is 0 Å². The van der Waals surface area contributed by atoms with Crippen molar-refractivity contribution in [3.63, 3.8) is 0 Å². The van der Waals surface area contributed by atoms with Gasteiger partial charge in [0.1, 0.15) is 17.5 Å². The first kappa shape index (κ1) is 15.8. The molecule has 1 rings (SSSR count). The number of ether oxygens (including phenoxy) is 2. The van der Waals surface area contributed by atoms with Crippen LogP contribution in [0.15, 0.2) is 18.2 Å². The van der Waals surface area contributed by atoms with Crippen molar-refractivity contribution in [1.29, 1.82) is 0 Å². The topological polar surface area (TPSA) is 102 Å². The summed E-state index contributed by atoms with van der Waals surface area (Å²) in [5.41, 5.74) is 5.46. The lowest BCUT2D eigenvalue weighted by atomic mass is 10.0. The molecule has 3 N–H and O–H groups in total. The monoisotopic (exact) mass is 282 g/mol. The van der Waals surface area contributed by atoms with Gasteiger partial charge in [-0.25, -0.2) is 0 Å². The molecule has 0 saturated carbocycles. The van der Waals surface area contributed by atoms with E-state index >= 15 is 0 Å². The first-order chi connectivity index (χ1) is 9.42. The molecule has 0 aromatic heterocycles. The van der Waals surface area contributed by atoms with Crippen LogP contribution >= 0.6 is 0 Å². The summed E-state index contributed by atoms with van der Waals surface area (Å²) >= 11 is 0. The predicted molar refractivity (Wildman–Crippen MR) is 71.7 cm³/mol. The molecule has 0 aliphatic heterocycles. The van der Waals surface area contributed by atoms with E-state index in [0.29, 0.717) is 17.1 Å². The molecule has 1 atom stereocenters. The van der Waals surface area contributed by atoms with E-state index in [2.05, 4.69) is 0 Å². The minimum Gasteiger partial charge on any atom is -0.496 e. The number of carboxylic acid groups (broad SMARTS) is 1. The summed E-state index contributed by atoms with van der Waals surface area (Å²) in [6, 6.07) is 3.85. The van der Waals surface area contributed by atoms with Crippen molar-refractivity contribution in [2.45, 2.75) is 6.04 Å². The van der Waals surface area contributed by atoms with Crippen molar-refractivity contribution in [3.8, 4) is 11.5 Å². The Bertz CT molecular complexity index is 481. The van der Waals surface area contributed by atoms with Gasteiger partial charge >= 0.3 is 5.97 Å². The Hall–Kier alpha value is -2.28. The van der Waals surface area contributed by atoms with Crippen LogP contribution in [0.5, 0.6) is 11.5 Å². The van der Waals surface area contributed by atoms with Gasteiger partial charge in [0.2, 0.25) is 5.91 Å². The van der Waals surface area contributed by atoms with Gasteiger partial charge in [0.15, 0.2) is 0 Å². The summed E-state index contributed by atoms with van der Waals surface area (Å²) in [4.78, 5) is 23.9. The Balaban J connectivity index is 3.34. The van der Waals surface area contributed by atoms with E-state index in [9.17, 15) is 14.7 Å². The number of nitrogens with zero attached hydrogens (tertiary/aromatic N) is 1. The quantitative estimate of drug-likeness (QED) is 0.743. The average Bonchev–Trinajstić information content (AvgIpc) is 2.37. The molecule has 1 unspecified atom stereocenters. The highest BCUT2D eigenvalue weighted by atomic mass is 16.5. The fourth-order valence-electron chi connectivity index (χ4n) is 2.02. The van der Waals surface area contributed by atoms with Gasteiger partial charge in [-0.05, 0) is 19.2 Å². The van der Waals surface area contributed by atoms with Crippen LogP contribution in [-0.4, -0.2) is 49.7 Å². The standard InChI is InChI=1S/C13H18N2O5/c1-15(7-10(14)16)12(13(17)18)11-8(19-2)5-4-6-9(11)20-3/h4-6,12H,7H2,1-3H3,(H2,14,16)(H,17,18). The third-order valence-corrected chi connectivity index (χ3v) is 2.82. The summed E-state index contributed by atoms with van der Waals surface area (Å²) in [6.07, 6.45) is 0. The fraction of sp³-hybridized carbons (Fsp3) is 0.385. The molecule has 0 heterocycles. The van der Waals surface area contributed by atoms with E-state index < -0.39 is 17.9 Å². The molecule has 0 aliphatic carbocycles. The van der Waals surface area contributed by atoms with Gasteiger partial charge in [-0.2, -0.15) is 0 Å². The number of carbonyl (C=O) groups is 2. The highest BCUT2D eigenvalue weighted by Gasteiger charge is 2.31. The number of aliphatic carboxylic acids is 1. The summed E-state index contributed by atoms with van der Waals surface area (Å²) in [5, 5.41) is 9.45. The van der Waals surface area contributed by atoms with Crippen molar-refractivity contribution in [1.82, 2.24) is 4.90 Å². The zero-order valence-corrected chi connectivity index (χ0v) is 11.6. The molecule has 7 nitrogen and oxygen atoms in total. The van der Waals surface area contributed by atoms with Crippen molar-refractivity contribution in [2.75, 3.05) is 27.8 Å². The molecular weight excluding hydrogens is 264 g/mol. The fourth-order valence-corrected chi connectivity index (χ4v) is 2.02. The molecular formula is C13H18N2O5. The number of amides is 1. The minimum absolute atomic E-state index is 0.196. The van der Waals surface area contributed by atoms with Crippen molar-refractivity contribution < 1.29 is 24.2 Å². The number of carbonyl (C=O) groups excluding carboxylic acids is 1. The van der Waals surface area contributed by atoms with E-state index in [1.54, 1.807) is 18.2 Å². The van der Waals surface area contributed by atoms with Gasteiger partial charge in [-0.3, -0.25) is 14.5 Å². The highest BCUT2D eigenvalue weighted by Crippen LogP contribution is 2.36. The molecule has 0 bridgehead atoms. The van der Waals surface area contributed by atoms with Crippen LogP contribution < -0.4 is 15.2 Å². The van der Waals surface area contributed by atoms with Crippen LogP contribution in [0.4, 0.5) is 0 Å². The second-order valence-corrected chi connectivity index (χ2v) is 4.20. The van der Waals surface area contributed by atoms with E-state index in [1.807, 2.05) is 0 Å². The molecule has 20 heavy (non-hydrogen) atoms. The normalized spacial score (nSPS) is 12.0. The number of methoxy groups -OCH3 is 2. The molecule has 1 amide bonds. The summed E-state index contributed by atoms with van der Waals surface area (Å²) in [6.45, 7) is -0.196. The Morgan fingerprint density at radius 3 is 2.15 bits per heavy atom. The maximum absolute atomic E-state index is 11.6. The van der Waals surface area contributed by atoms with Crippen molar-refractivity contribution in [3.05, 3.63) is 23.8 Å². The lowest BCUT2D eigenvalue weighted by Gasteiger charge is -2.26. The lowest BCUT2D eigenvalue weighted by molar-refractivity contribution is -0.143. The van der Waals surface area contributed by atoms with Gasteiger partial charge < -0.3 is 20.3 Å². The predicted octanol–water partition coefficient (Wildman–Crippen LogP) is 0.247. The first-order valence-electron chi connectivity index (χ1n) is 5.84. The van der Waals surface area contributed by atoms with Crippen LogP contribution in [0, 0.1) is 0 Å². The van der Waals surface area contributed by atoms with Crippen LogP contribution in [0.25, 0.3) is 0 Å². The van der Waals surface area contributed by atoms with E-state index in [0.717, 1.165) is 0 Å². The van der Waals surface area contributed by atoms with Gasteiger partial charge in [-0.15, -0.1) is 0 Å². The highest BCUT2D eigenvalue weighted by molar-refractivity contribution is 5.80. The largest absolute Gasteiger partial charge is 0.496 e. The summed E-state index contributed by atoms with van der Waals surface area (Å²) in [5.74, 6) is -1.01. The van der Waals surface area contributed by atoms with Crippen LogP contribution in [0.2, 0.25) is 0 Å². The molecule has 7 heteroatoms. The zero-order chi connectivity index (χ0) is 15.3. The van der Waals surface area contributed by atoms with E-state index in [4.69, 9.17) is 15.2 Å². The SMILES string of the molecule is COc1cccc(OC)c1C(C(=O)O)N(C)CC(N)=O. The third kappa shape index (κ3) is 3.39. The number of rotatable bonds is 7. The minimum atomic E-state index is -1.13. The van der Waals surface area contributed by atoms with Crippen LogP contribution in [-0.2, 0) is 9.59 Å². The van der Waals surface area contributed by atoms with Crippen molar-refractivity contribution in [2.24, 2.45) is 5.73 Å². The van der Waals surface area contributed by atoms with Gasteiger partial charge in [-0.1, -0.05) is 6.07 Å². The molecule has 1 aromatic carbocycles. The number of nitrogens with two attached hydrogens (primary N) is 1. The van der Waals surface area contributed by atoms with Crippen LogP contribution in [0.1, 0.15) is 11.6 Å². The van der Waals surface area contributed by atoms with Gasteiger partial charge in [0.25, 0.3) is 0 Å².